The van der Waals surface area contributed by atoms with Crippen LogP contribution in [0.2, 0.25) is 0 Å². The highest BCUT2D eigenvalue weighted by Crippen LogP contribution is 2.29. The fourth-order valence-corrected chi connectivity index (χ4v) is 2.35. The Morgan fingerprint density at radius 1 is 1.29 bits per heavy atom. The van der Waals surface area contributed by atoms with E-state index in [1.54, 1.807) is 6.92 Å². The highest BCUT2D eigenvalue weighted by atomic mass is 16.3. The first kappa shape index (κ1) is 12.4. The van der Waals surface area contributed by atoms with E-state index in [1.807, 2.05) is 24.3 Å². The van der Waals surface area contributed by atoms with Crippen molar-refractivity contribution in [2.75, 3.05) is 18.5 Å². The molecule has 17 heavy (non-hydrogen) atoms. The molecule has 1 atom stereocenters. The summed E-state index contributed by atoms with van der Waals surface area (Å²) in [5, 5.41) is 18.7. The zero-order valence-corrected chi connectivity index (χ0v) is 10.5. The van der Waals surface area contributed by atoms with Crippen molar-refractivity contribution in [3.8, 4) is 0 Å². The van der Waals surface area contributed by atoms with E-state index in [2.05, 4.69) is 11.9 Å². The van der Waals surface area contributed by atoms with E-state index >= 15 is 0 Å². The summed E-state index contributed by atoms with van der Waals surface area (Å²) in [6.07, 6.45) is 1.37. The molecule has 94 valence electrons. The molecule has 0 heterocycles. The van der Waals surface area contributed by atoms with Gasteiger partial charge in [0.1, 0.15) is 0 Å². The van der Waals surface area contributed by atoms with Gasteiger partial charge in [0.2, 0.25) is 0 Å². The predicted molar refractivity (Wildman–Crippen MR) is 69.1 cm³/mol. The van der Waals surface area contributed by atoms with Crippen molar-refractivity contribution in [3.63, 3.8) is 0 Å². The van der Waals surface area contributed by atoms with Gasteiger partial charge < -0.3 is 15.1 Å². The van der Waals surface area contributed by atoms with E-state index in [0.29, 0.717) is 5.92 Å². The third kappa shape index (κ3) is 2.99. The Morgan fingerprint density at radius 3 is 2.35 bits per heavy atom. The van der Waals surface area contributed by atoms with Crippen LogP contribution in [0.1, 0.15) is 31.4 Å². The fourth-order valence-electron chi connectivity index (χ4n) is 2.35. The maximum atomic E-state index is 9.43. The Hall–Kier alpha value is -1.06. The zero-order valence-electron chi connectivity index (χ0n) is 10.5. The van der Waals surface area contributed by atoms with Gasteiger partial charge in [0.25, 0.3) is 0 Å². The molecule has 0 saturated heterocycles. The average molecular weight is 235 g/mol. The highest BCUT2D eigenvalue weighted by Gasteiger charge is 2.27. The van der Waals surface area contributed by atoms with E-state index in [-0.39, 0.29) is 6.10 Å². The maximum Gasteiger partial charge on any atom is 0.0761 e. The molecule has 0 amide bonds. The van der Waals surface area contributed by atoms with E-state index in [0.717, 1.165) is 30.6 Å². The number of hydrogen-bond acceptors (Lipinski definition) is 3. The summed E-state index contributed by atoms with van der Waals surface area (Å²) in [4.78, 5) is 2.21. The molecule has 0 spiro atoms. The molecule has 0 radical (unpaired) electrons. The lowest BCUT2D eigenvalue weighted by atomic mass is 9.82. The van der Waals surface area contributed by atoms with E-state index in [1.165, 1.54) is 0 Å². The number of aliphatic hydroxyl groups excluding tert-OH is 2. The van der Waals surface area contributed by atoms with Crippen molar-refractivity contribution in [2.45, 2.75) is 32.0 Å². The van der Waals surface area contributed by atoms with Crippen LogP contribution >= 0.6 is 0 Å². The second-order valence-corrected chi connectivity index (χ2v) is 5.14. The number of anilines is 1. The molecule has 0 aliphatic heterocycles. The number of rotatable bonds is 4. The van der Waals surface area contributed by atoms with Gasteiger partial charge in [-0.3, -0.25) is 0 Å². The summed E-state index contributed by atoms with van der Waals surface area (Å²) in [7, 11) is 2.07. The molecule has 1 aliphatic rings. The molecule has 0 aromatic heterocycles. The van der Waals surface area contributed by atoms with Crippen LogP contribution in [0.3, 0.4) is 0 Å². The van der Waals surface area contributed by atoms with Crippen LogP contribution in [-0.2, 0) is 0 Å². The predicted octanol–water partition coefficient (Wildman–Crippen LogP) is 1.95. The summed E-state index contributed by atoms with van der Waals surface area (Å²) in [5.41, 5.74) is 2.11. The van der Waals surface area contributed by atoms with Gasteiger partial charge in [-0.25, -0.2) is 0 Å². The van der Waals surface area contributed by atoms with Crippen LogP contribution in [0.25, 0.3) is 0 Å². The minimum absolute atomic E-state index is 0.0778. The second-order valence-electron chi connectivity index (χ2n) is 5.14. The van der Waals surface area contributed by atoms with E-state index < -0.39 is 6.10 Å². The Bertz CT molecular complexity index is 355. The molecule has 0 unspecified atom stereocenters. The summed E-state index contributed by atoms with van der Waals surface area (Å²) in [6, 6.07) is 8.01. The first-order chi connectivity index (χ1) is 8.06. The summed E-state index contributed by atoms with van der Waals surface area (Å²) >= 11 is 0. The molecular formula is C14H21NO2. The SMILES string of the molecule is C[C@H](O)c1ccc(N(C)CC2CC(O)C2)cc1. The summed E-state index contributed by atoms with van der Waals surface area (Å²) in [6.45, 7) is 2.76. The van der Waals surface area contributed by atoms with E-state index in [9.17, 15) is 10.2 Å². The minimum atomic E-state index is -0.406. The monoisotopic (exact) mass is 235 g/mol. The zero-order chi connectivity index (χ0) is 12.4. The first-order valence-corrected chi connectivity index (χ1v) is 6.23. The molecule has 0 bridgehead atoms. The lowest BCUT2D eigenvalue weighted by Crippen LogP contribution is -2.37. The largest absolute Gasteiger partial charge is 0.393 e. The maximum absolute atomic E-state index is 9.43. The fraction of sp³-hybridized carbons (Fsp3) is 0.571. The number of nitrogens with zero attached hydrogens (tertiary/aromatic N) is 1. The van der Waals surface area contributed by atoms with Crippen molar-refractivity contribution in [1.82, 2.24) is 0 Å². The second kappa shape index (κ2) is 5.07. The molecule has 2 N–H and O–H groups in total. The summed E-state index contributed by atoms with van der Waals surface area (Å²) in [5.74, 6) is 0.617. The van der Waals surface area contributed by atoms with Gasteiger partial charge in [-0.15, -0.1) is 0 Å². The molecule has 1 aromatic rings. The van der Waals surface area contributed by atoms with Crippen LogP contribution in [0, 0.1) is 5.92 Å². The van der Waals surface area contributed by atoms with Gasteiger partial charge in [0, 0.05) is 19.3 Å². The lowest BCUT2D eigenvalue weighted by Gasteiger charge is -2.35. The van der Waals surface area contributed by atoms with Crippen LogP contribution in [0.4, 0.5) is 5.69 Å². The third-order valence-corrected chi connectivity index (χ3v) is 3.56. The van der Waals surface area contributed by atoms with Gasteiger partial charge in [-0.2, -0.15) is 0 Å². The van der Waals surface area contributed by atoms with Crippen LogP contribution in [0.5, 0.6) is 0 Å². The summed E-state index contributed by atoms with van der Waals surface area (Å²) < 4.78 is 0. The number of aliphatic hydroxyl groups is 2. The molecule has 1 fully saturated rings. The van der Waals surface area contributed by atoms with Crippen LogP contribution in [0.15, 0.2) is 24.3 Å². The number of hydrogen-bond donors (Lipinski definition) is 2. The standard InChI is InChI=1S/C14H21NO2/c1-10(16)12-3-5-13(6-4-12)15(2)9-11-7-14(17)8-11/h3-6,10-11,14,16-17H,7-9H2,1-2H3/t10-,11?,14?/m0/s1. The minimum Gasteiger partial charge on any atom is -0.393 e. The lowest BCUT2D eigenvalue weighted by molar-refractivity contribution is 0.0465. The van der Waals surface area contributed by atoms with Crippen molar-refractivity contribution < 1.29 is 10.2 Å². The third-order valence-electron chi connectivity index (χ3n) is 3.56. The normalized spacial score (nSPS) is 25.2. The van der Waals surface area contributed by atoms with Gasteiger partial charge in [0.15, 0.2) is 0 Å². The molecule has 3 heteroatoms. The van der Waals surface area contributed by atoms with Gasteiger partial charge in [0.05, 0.1) is 12.2 Å². The van der Waals surface area contributed by atoms with Crippen LogP contribution < -0.4 is 4.90 Å². The van der Waals surface area contributed by atoms with Crippen molar-refractivity contribution >= 4 is 5.69 Å². The molecule has 2 rings (SSSR count). The molecular weight excluding hydrogens is 214 g/mol. The van der Waals surface area contributed by atoms with Gasteiger partial charge in [-0.1, -0.05) is 12.1 Å². The van der Waals surface area contributed by atoms with Crippen molar-refractivity contribution in [2.24, 2.45) is 5.92 Å². The van der Waals surface area contributed by atoms with Crippen molar-refractivity contribution in [3.05, 3.63) is 29.8 Å². The van der Waals surface area contributed by atoms with Gasteiger partial charge in [-0.05, 0) is 43.4 Å². The Labute approximate surface area is 103 Å². The Morgan fingerprint density at radius 2 is 1.88 bits per heavy atom. The quantitative estimate of drug-likeness (QED) is 0.838. The smallest absolute Gasteiger partial charge is 0.0761 e. The Kier molecular flexibility index (Phi) is 3.69. The van der Waals surface area contributed by atoms with E-state index in [4.69, 9.17) is 0 Å². The van der Waals surface area contributed by atoms with Crippen LogP contribution in [-0.4, -0.2) is 29.9 Å². The Balaban J connectivity index is 1.92. The van der Waals surface area contributed by atoms with Gasteiger partial charge >= 0.3 is 0 Å². The van der Waals surface area contributed by atoms with Crippen molar-refractivity contribution in [1.29, 1.82) is 0 Å². The average Bonchev–Trinajstić information content (AvgIpc) is 2.27. The molecule has 1 saturated carbocycles. The molecule has 3 nitrogen and oxygen atoms in total. The highest BCUT2D eigenvalue weighted by molar-refractivity contribution is 5.47. The molecule has 1 aromatic carbocycles. The molecule has 1 aliphatic carbocycles. The number of benzene rings is 1. The topological polar surface area (TPSA) is 43.7 Å². The first-order valence-electron chi connectivity index (χ1n) is 6.23.